The van der Waals surface area contributed by atoms with Gasteiger partial charge in [0.2, 0.25) is 0 Å². The number of aromatic nitrogens is 2. The molecule has 2 rings (SSSR count). The van der Waals surface area contributed by atoms with Crippen LogP contribution in [-0.2, 0) is 0 Å². The van der Waals surface area contributed by atoms with Crippen molar-refractivity contribution < 1.29 is 4.39 Å². The molecular weight excluding hydrogens is 299 g/mol. The second-order valence-electron chi connectivity index (χ2n) is 3.88. The van der Waals surface area contributed by atoms with Crippen molar-refractivity contribution >= 4 is 40.7 Å². The summed E-state index contributed by atoms with van der Waals surface area (Å²) in [5, 5.41) is 6.91. The van der Waals surface area contributed by atoms with Crippen LogP contribution in [0.3, 0.4) is 0 Å². The monoisotopic (exact) mass is 312 g/mol. The fourth-order valence-electron chi connectivity index (χ4n) is 1.60. The van der Waals surface area contributed by atoms with Crippen molar-refractivity contribution in [2.24, 2.45) is 0 Å². The van der Waals surface area contributed by atoms with E-state index in [9.17, 15) is 4.39 Å². The topological polar surface area (TPSA) is 49.8 Å². The molecule has 0 aliphatic carbocycles. The van der Waals surface area contributed by atoms with Crippen molar-refractivity contribution in [3.63, 3.8) is 0 Å². The van der Waals surface area contributed by atoms with Crippen LogP contribution in [0.5, 0.6) is 0 Å². The quantitative estimate of drug-likeness (QED) is 0.641. The zero-order valence-corrected chi connectivity index (χ0v) is 12.6. The second kappa shape index (κ2) is 6.76. The van der Waals surface area contributed by atoms with Crippen LogP contribution in [0.15, 0.2) is 29.4 Å². The first-order valence-corrected chi connectivity index (χ1v) is 7.62. The molecule has 0 aliphatic rings. The lowest BCUT2D eigenvalue weighted by atomic mass is 10.3. The molecule has 7 heteroatoms. The van der Waals surface area contributed by atoms with Crippen molar-refractivity contribution in [2.75, 3.05) is 23.4 Å². The van der Waals surface area contributed by atoms with Crippen LogP contribution < -0.4 is 10.6 Å². The van der Waals surface area contributed by atoms with Gasteiger partial charge in [0.15, 0.2) is 5.16 Å². The number of benzene rings is 1. The Kier molecular flexibility index (Phi) is 5.03. The summed E-state index contributed by atoms with van der Waals surface area (Å²) in [5.74, 6) is 0.751. The number of rotatable bonds is 5. The molecule has 1 heterocycles. The van der Waals surface area contributed by atoms with Gasteiger partial charge in [0, 0.05) is 12.6 Å². The molecule has 0 saturated heterocycles. The van der Waals surface area contributed by atoms with Crippen LogP contribution in [0.25, 0.3) is 0 Å². The molecule has 0 fully saturated rings. The Morgan fingerprint density at radius 1 is 1.30 bits per heavy atom. The Morgan fingerprint density at radius 3 is 2.70 bits per heavy atom. The number of hydrogen-bond acceptors (Lipinski definition) is 5. The molecule has 106 valence electrons. The predicted molar refractivity (Wildman–Crippen MR) is 82.7 cm³/mol. The van der Waals surface area contributed by atoms with Gasteiger partial charge in [-0.25, -0.2) is 14.4 Å². The van der Waals surface area contributed by atoms with Crippen LogP contribution in [0.2, 0.25) is 5.02 Å². The smallest absolute Gasteiger partial charge is 0.191 e. The van der Waals surface area contributed by atoms with Gasteiger partial charge >= 0.3 is 0 Å². The van der Waals surface area contributed by atoms with Gasteiger partial charge in [-0.05, 0) is 25.3 Å². The lowest BCUT2D eigenvalue weighted by Gasteiger charge is -2.11. The molecule has 1 aromatic heterocycles. The highest BCUT2D eigenvalue weighted by Crippen LogP contribution is 2.28. The van der Waals surface area contributed by atoms with E-state index < -0.39 is 5.82 Å². The third-order valence-corrected chi connectivity index (χ3v) is 3.32. The van der Waals surface area contributed by atoms with Gasteiger partial charge in [0.25, 0.3) is 0 Å². The Balaban J connectivity index is 2.35. The number of nitrogens with one attached hydrogen (secondary N) is 2. The van der Waals surface area contributed by atoms with E-state index in [1.54, 1.807) is 18.2 Å². The molecule has 0 unspecified atom stereocenters. The van der Waals surface area contributed by atoms with E-state index in [4.69, 9.17) is 11.6 Å². The summed E-state index contributed by atoms with van der Waals surface area (Å²) in [7, 11) is 0. The first-order valence-electron chi connectivity index (χ1n) is 6.02. The van der Waals surface area contributed by atoms with Crippen molar-refractivity contribution in [3.05, 3.63) is 35.1 Å². The Labute approximate surface area is 126 Å². The van der Waals surface area contributed by atoms with Gasteiger partial charge in [0.05, 0.1) is 10.7 Å². The standard InChI is InChI=1S/C13H14ClFN4S/c1-3-16-10-7-11(19-13(18-10)20-2)17-12-8(14)5-4-6-9(12)15/h4-7H,3H2,1-2H3,(H2,16,17,18,19). The molecule has 0 aliphatic heterocycles. The minimum absolute atomic E-state index is 0.211. The SMILES string of the molecule is CCNc1cc(Nc2c(F)cccc2Cl)nc(SC)n1. The van der Waals surface area contributed by atoms with Gasteiger partial charge in [-0.15, -0.1) is 0 Å². The third kappa shape index (κ3) is 3.52. The average Bonchev–Trinajstić information content (AvgIpc) is 2.43. The average molecular weight is 313 g/mol. The van der Waals surface area contributed by atoms with Crippen LogP contribution in [0, 0.1) is 5.82 Å². The van der Waals surface area contributed by atoms with Gasteiger partial charge in [-0.3, -0.25) is 0 Å². The zero-order valence-electron chi connectivity index (χ0n) is 11.1. The third-order valence-electron chi connectivity index (χ3n) is 2.46. The lowest BCUT2D eigenvalue weighted by Crippen LogP contribution is -2.04. The van der Waals surface area contributed by atoms with Crippen molar-refractivity contribution in [1.82, 2.24) is 9.97 Å². The minimum atomic E-state index is -0.424. The predicted octanol–water partition coefficient (Wildman–Crippen LogP) is 4.17. The largest absolute Gasteiger partial charge is 0.370 e. The van der Waals surface area contributed by atoms with E-state index in [0.29, 0.717) is 21.8 Å². The molecule has 20 heavy (non-hydrogen) atoms. The highest BCUT2D eigenvalue weighted by Gasteiger charge is 2.10. The molecule has 0 bridgehead atoms. The number of thioether (sulfide) groups is 1. The fourth-order valence-corrected chi connectivity index (χ4v) is 2.19. The maximum Gasteiger partial charge on any atom is 0.191 e. The van der Waals surface area contributed by atoms with Crippen LogP contribution in [0.4, 0.5) is 21.7 Å². The van der Waals surface area contributed by atoms with E-state index >= 15 is 0 Å². The first kappa shape index (κ1) is 14.9. The molecule has 0 amide bonds. The summed E-state index contributed by atoms with van der Waals surface area (Å²) in [4.78, 5) is 8.59. The van der Waals surface area contributed by atoms with Gasteiger partial charge in [0.1, 0.15) is 17.5 Å². The van der Waals surface area contributed by atoms with Crippen LogP contribution >= 0.6 is 23.4 Å². The lowest BCUT2D eigenvalue weighted by molar-refractivity contribution is 0.632. The van der Waals surface area contributed by atoms with Gasteiger partial charge < -0.3 is 10.6 Å². The Morgan fingerprint density at radius 2 is 2.05 bits per heavy atom. The maximum atomic E-state index is 13.8. The molecular formula is C13H14ClFN4S. The summed E-state index contributed by atoms with van der Waals surface area (Å²) >= 11 is 7.40. The van der Waals surface area contributed by atoms with E-state index in [1.165, 1.54) is 17.8 Å². The number of hydrogen-bond donors (Lipinski definition) is 2. The van der Waals surface area contributed by atoms with E-state index in [-0.39, 0.29) is 5.69 Å². The van der Waals surface area contributed by atoms with Crippen molar-refractivity contribution in [3.8, 4) is 0 Å². The van der Waals surface area contributed by atoms with E-state index in [2.05, 4.69) is 20.6 Å². The second-order valence-corrected chi connectivity index (χ2v) is 5.06. The van der Waals surface area contributed by atoms with E-state index in [0.717, 1.165) is 6.54 Å². The molecule has 0 radical (unpaired) electrons. The zero-order chi connectivity index (χ0) is 14.5. The number of anilines is 3. The van der Waals surface area contributed by atoms with Crippen molar-refractivity contribution in [2.45, 2.75) is 12.1 Å². The number of halogens is 2. The molecule has 0 spiro atoms. The molecule has 2 N–H and O–H groups in total. The molecule has 1 aromatic carbocycles. The van der Waals surface area contributed by atoms with Crippen molar-refractivity contribution in [1.29, 1.82) is 0 Å². The molecule has 4 nitrogen and oxygen atoms in total. The minimum Gasteiger partial charge on any atom is -0.370 e. The van der Waals surface area contributed by atoms with E-state index in [1.807, 2.05) is 13.2 Å². The molecule has 2 aromatic rings. The summed E-state index contributed by atoms with van der Waals surface area (Å²) in [6.07, 6.45) is 1.88. The van der Waals surface area contributed by atoms with Crippen LogP contribution in [-0.4, -0.2) is 22.8 Å². The summed E-state index contributed by atoms with van der Waals surface area (Å²) in [6, 6.07) is 6.23. The Bertz CT molecular complexity index is 589. The maximum absolute atomic E-state index is 13.8. The summed E-state index contributed by atoms with van der Waals surface area (Å²) < 4.78 is 13.8. The molecule has 0 atom stereocenters. The number of para-hydroxylation sites is 1. The van der Waals surface area contributed by atoms with Crippen LogP contribution in [0.1, 0.15) is 6.92 Å². The normalized spacial score (nSPS) is 10.4. The highest BCUT2D eigenvalue weighted by molar-refractivity contribution is 7.98. The number of nitrogens with zero attached hydrogens (tertiary/aromatic N) is 2. The molecule has 0 saturated carbocycles. The summed E-state index contributed by atoms with van der Waals surface area (Å²) in [5.41, 5.74) is 0.211. The van der Waals surface area contributed by atoms with Gasteiger partial charge in [-0.2, -0.15) is 0 Å². The Hall–Kier alpha value is -1.53. The van der Waals surface area contributed by atoms with Gasteiger partial charge in [-0.1, -0.05) is 29.4 Å². The first-order chi connectivity index (χ1) is 9.63. The fraction of sp³-hybridized carbons (Fsp3) is 0.231. The summed E-state index contributed by atoms with van der Waals surface area (Å²) in [6.45, 7) is 2.71. The highest BCUT2D eigenvalue weighted by atomic mass is 35.5.